The minimum absolute atomic E-state index is 0.288. The molecule has 0 aliphatic carbocycles. The first-order valence-electron chi connectivity index (χ1n) is 10.2. The Bertz CT molecular complexity index is 985. The number of aliphatic imine (C=N–C) groups is 1. The molecule has 3 rings (SSSR count). The first kappa shape index (κ1) is 23.4. The van der Waals surface area contributed by atoms with Crippen molar-refractivity contribution in [2.45, 2.75) is 33.6 Å². The molecule has 9 heteroatoms. The zero-order chi connectivity index (χ0) is 22.5. The number of nitrogens with zero attached hydrogens (tertiary/aromatic N) is 4. The molecule has 1 aliphatic rings. The molecule has 0 amide bonds. The van der Waals surface area contributed by atoms with Crippen molar-refractivity contribution in [3.8, 4) is 0 Å². The molecule has 0 N–H and O–H groups in total. The number of rotatable bonds is 8. The molecular weight excluding hydrogens is 439 g/mol. The SMILES string of the molecule is CCN(CC)CCOC(=O)C1C(C)=NC(C)=C(c2nnco2)C1c1cccc(Cl)c1Cl. The molecule has 7 nitrogen and oxygen atoms in total. The van der Waals surface area contributed by atoms with Crippen LogP contribution in [0.25, 0.3) is 5.57 Å². The molecule has 0 saturated carbocycles. The van der Waals surface area contributed by atoms with Crippen molar-refractivity contribution in [1.82, 2.24) is 15.1 Å². The second kappa shape index (κ2) is 10.4. The molecule has 2 heterocycles. The molecule has 0 bridgehead atoms. The molecule has 2 aromatic rings. The van der Waals surface area contributed by atoms with Crippen LogP contribution in [0.15, 0.2) is 39.7 Å². The van der Waals surface area contributed by atoms with Crippen molar-refractivity contribution < 1.29 is 13.9 Å². The number of carbonyl (C=O) groups is 1. The molecule has 0 spiro atoms. The highest BCUT2D eigenvalue weighted by molar-refractivity contribution is 6.42. The van der Waals surface area contributed by atoms with E-state index in [2.05, 4.69) is 33.9 Å². The molecular formula is C22H26Cl2N4O3. The van der Waals surface area contributed by atoms with Gasteiger partial charge in [-0.25, -0.2) is 0 Å². The third-order valence-corrected chi connectivity index (χ3v) is 6.37. The number of hydrogen-bond acceptors (Lipinski definition) is 7. The Morgan fingerprint density at radius 1 is 1.23 bits per heavy atom. The standard InChI is InChI=1S/C22H26Cl2N4O3/c1-5-28(6-2)10-11-30-22(29)18-14(4)26-13(3)17(21-27-25-12-31-21)19(18)15-8-7-9-16(23)20(15)24/h7-9,12,18-19H,5-6,10-11H2,1-4H3. The molecule has 31 heavy (non-hydrogen) atoms. The second-order valence-corrected chi connectivity index (χ2v) is 8.07. The molecule has 1 aromatic carbocycles. The summed E-state index contributed by atoms with van der Waals surface area (Å²) in [6.45, 7) is 10.5. The third-order valence-electron chi connectivity index (χ3n) is 5.54. The van der Waals surface area contributed by atoms with Gasteiger partial charge in [0.25, 0.3) is 0 Å². The van der Waals surface area contributed by atoms with Crippen LogP contribution in [0.1, 0.15) is 45.1 Å². The number of allylic oxidation sites excluding steroid dienone is 2. The van der Waals surface area contributed by atoms with Crippen LogP contribution in [0, 0.1) is 5.92 Å². The number of aromatic nitrogens is 2. The van der Waals surface area contributed by atoms with E-state index in [4.69, 9.17) is 32.4 Å². The van der Waals surface area contributed by atoms with Gasteiger partial charge in [0, 0.05) is 29.4 Å². The number of benzene rings is 1. The summed E-state index contributed by atoms with van der Waals surface area (Å²) in [5.41, 5.74) is 2.63. The summed E-state index contributed by atoms with van der Waals surface area (Å²) in [6.07, 6.45) is 1.24. The summed E-state index contributed by atoms with van der Waals surface area (Å²) in [4.78, 5) is 20.1. The van der Waals surface area contributed by atoms with Gasteiger partial charge in [-0.1, -0.05) is 49.2 Å². The van der Waals surface area contributed by atoms with Crippen molar-refractivity contribution in [3.63, 3.8) is 0 Å². The lowest BCUT2D eigenvalue weighted by Crippen LogP contribution is -2.36. The fourth-order valence-corrected chi connectivity index (χ4v) is 4.34. The number of ether oxygens (including phenoxy) is 1. The maximum absolute atomic E-state index is 13.3. The summed E-state index contributed by atoms with van der Waals surface area (Å²) in [7, 11) is 0. The Kier molecular flexibility index (Phi) is 7.86. The average Bonchev–Trinajstić information content (AvgIpc) is 3.27. The van der Waals surface area contributed by atoms with E-state index in [0.717, 1.165) is 13.1 Å². The zero-order valence-electron chi connectivity index (χ0n) is 18.1. The maximum atomic E-state index is 13.3. The number of carbonyl (C=O) groups excluding carboxylic acids is 1. The van der Waals surface area contributed by atoms with E-state index in [1.807, 2.05) is 19.9 Å². The quantitative estimate of drug-likeness (QED) is 0.518. The monoisotopic (exact) mass is 464 g/mol. The largest absolute Gasteiger partial charge is 0.464 e. The third kappa shape index (κ3) is 5.00. The average molecular weight is 465 g/mol. The molecule has 2 unspecified atom stereocenters. The maximum Gasteiger partial charge on any atom is 0.315 e. The second-order valence-electron chi connectivity index (χ2n) is 7.29. The van der Waals surface area contributed by atoms with Crippen LogP contribution < -0.4 is 0 Å². The molecule has 0 fully saturated rings. The minimum atomic E-state index is -0.696. The van der Waals surface area contributed by atoms with Crippen LogP contribution >= 0.6 is 23.2 Å². The van der Waals surface area contributed by atoms with Crippen LogP contribution in [0.2, 0.25) is 10.0 Å². The predicted molar refractivity (Wildman–Crippen MR) is 121 cm³/mol. The molecule has 2 atom stereocenters. The Morgan fingerprint density at radius 3 is 2.61 bits per heavy atom. The fourth-order valence-electron chi connectivity index (χ4n) is 3.91. The van der Waals surface area contributed by atoms with Gasteiger partial charge < -0.3 is 14.1 Å². The molecule has 0 saturated heterocycles. The van der Waals surface area contributed by atoms with Gasteiger partial charge in [-0.3, -0.25) is 9.79 Å². The minimum Gasteiger partial charge on any atom is -0.464 e. The Hall–Kier alpha value is -2.22. The van der Waals surface area contributed by atoms with E-state index in [9.17, 15) is 4.79 Å². The van der Waals surface area contributed by atoms with E-state index < -0.39 is 11.8 Å². The lowest BCUT2D eigenvalue weighted by Gasteiger charge is -2.32. The van der Waals surface area contributed by atoms with Crippen LogP contribution in [-0.4, -0.2) is 53.0 Å². The van der Waals surface area contributed by atoms with E-state index in [0.29, 0.717) is 45.7 Å². The van der Waals surface area contributed by atoms with Crippen molar-refractivity contribution in [3.05, 3.63) is 51.8 Å². The van der Waals surface area contributed by atoms with Gasteiger partial charge in [0.05, 0.1) is 10.0 Å². The highest BCUT2D eigenvalue weighted by Gasteiger charge is 2.42. The van der Waals surface area contributed by atoms with Gasteiger partial charge >= 0.3 is 5.97 Å². The van der Waals surface area contributed by atoms with E-state index in [1.54, 1.807) is 12.1 Å². The van der Waals surface area contributed by atoms with Gasteiger partial charge in [-0.05, 0) is 38.6 Å². The van der Waals surface area contributed by atoms with E-state index in [-0.39, 0.29) is 11.9 Å². The Balaban J connectivity index is 2.01. The molecule has 1 aliphatic heterocycles. The van der Waals surface area contributed by atoms with Crippen LogP contribution in [0.5, 0.6) is 0 Å². The van der Waals surface area contributed by atoms with Gasteiger partial charge in [-0.2, -0.15) is 0 Å². The summed E-state index contributed by atoms with van der Waals surface area (Å²) in [5, 5.41) is 8.63. The van der Waals surface area contributed by atoms with Gasteiger partial charge in [0.2, 0.25) is 12.3 Å². The highest BCUT2D eigenvalue weighted by Crippen LogP contribution is 2.47. The van der Waals surface area contributed by atoms with Crippen molar-refractivity contribution in [2.24, 2.45) is 10.9 Å². The van der Waals surface area contributed by atoms with E-state index in [1.165, 1.54) is 6.39 Å². The highest BCUT2D eigenvalue weighted by atomic mass is 35.5. The van der Waals surface area contributed by atoms with Crippen LogP contribution in [-0.2, 0) is 9.53 Å². The normalized spacial score (nSPS) is 19.0. The predicted octanol–water partition coefficient (Wildman–Crippen LogP) is 4.87. The van der Waals surface area contributed by atoms with E-state index >= 15 is 0 Å². The molecule has 166 valence electrons. The smallest absolute Gasteiger partial charge is 0.315 e. The Morgan fingerprint density at radius 2 is 1.97 bits per heavy atom. The number of hydrogen-bond donors (Lipinski definition) is 0. The molecule has 1 aromatic heterocycles. The van der Waals surface area contributed by atoms with Crippen molar-refractivity contribution in [2.75, 3.05) is 26.2 Å². The number of esters is 1. The summed E-state index contributed by atoms with van der Waals surface area (Å²) in [5.74, 6) is -1.31. The number of halogens is 2. The molecule has 0 radical (unpaired) electrons. The van der Waals surface area contributed by atoms with Crippen LogP contribution in [0.3, 0.4) is 0 Å². The summed E-state index contributed by atoms with van der Waals surface area (Å²) in [6, 6.07) is 5.35. The summed E-state index contributed by atoms with van der Waals surface area (Å²) >= 11 is 12.9. The van der Waals surface area contributed by atoms with Gasteiger partial charge in [0.15, 0.2) is 0 Å². The number of likely N-dealkylation sites (N-methyl/N-ethyl adjacent to an activating group) is 1. The van der Waals surface area contributed by atoms with Crippen LogP contribution in [0.4, 0.5) is 0 Å². The van der Waals surface area contributed by atoms with Crippen molar-refractivity contribution >= 4 is 40.5 Å². The Labute approximate surface area is 192 Å². The first-order valence-corrected chi connectivity index (χ1v) is 11.0. The summed E-state index contributed by atoms with van der Waals surface area (Å²) < 4.78 is 11.2. The van der Waals surface area contributed by atoms with Crippen molar-refractivity contribution in [1.29, 1.82) is 0 Å². The topological polar surface area (TPSA) is 80.8 Å². The zero-order valence-corrected chi connectivity index (χ0v) is 19.6. The van der Waals surface area contributed by atoms with Gasteiger partial charge in [-0.15, -0.1) is 10.2 Å². The lowest BCUT2D eigenvalue weighted by molar-refractivity contribution is -0.146. The lowest BCUT2D eigenvalue weighted by atomic mass is 9.75. The fraction of sp³-hybridized carbons (Fsp3) is 0.455. The first-order chi connectivity index (χ1) is 14.9. The van der Waals surface area contributed by atoms with Gasteiger partial charge in [0.1, 0.15) is 12.5 Å².